The van der Waals surface area contributed by atoms with Crippen LogP contribution in [0.3, 0.4) is 0 Å². The van der Waals surface area contributed by atoms with Crippen LogP contribution in [0.25, 0.3) is 0 Å². The topological polar surface area (TPSA) is 105 Å². The summed E-state index contributed by atoms with van der Waals surface area (Å²) in [5.74, 6) is -0.729. The third kappa shape index (κ3) is 12.5. The molecule has 3 N–H and O–H groups in total. The maximum Gasteiger partial charge on any atom is 0.334 e. The number of ether oxygens (including phenoxy) is 1. The molecule has 0 aromatic heterocycles. The van der Waals surface area contributed by atoms with Crippen molar-refractivity contribution in [1.29, 1.82) is 0 Å². The van der Waals surface area contributed by atoms with E-state index in [0.717, 1.165) is 6.04 Å². The number of allylic oxidation sites excluding steroid dienone is 1. The normalized spacial score (nSPS) is 15.3. The molecule has 0 saturated heterocycles. The molecule has 0 aromatic carbocycles. The van der Waals surface area contributed by atoms with Gasteiger partial charge in [-0.2, -0.15) is 0 Å². The average molecular weight is 439 g/mol. The summed E-state index contributed by atoms with van der Waals surface area (Å²) in [6.45, 7) is 15.9. The van der Waals surface area contributed by atoms with E-state index < -0.39 is 43.9 Å². The molecule has 1 atom stereocenters. The predicted molar refractivity (Wildman–Crippen MR) is 114 cm³/mol. The lowest BCUT2D eigenvalue weighted by molar-refractivity contribution is -0.132. The molecule has 10 heteroatoms. The Balaban J connectivity index is 5.15. The van der Waals surface area contributed by atoms with Gasteiger partial charge < -0.3 is 28.3 Å². The molecule has 0 aromatic rings. The first-order chi connectivity index (χ1) is 12.1. The van der Waals surface area contributed by atoms with Crippen LogP contribution in [0.15, 0.2) is 11.3 Å². The number of hydrogen-bond donors (Lipinski definition) is 3. The Morgan fingerprint density at radius 3 is 1.85 bits per heavy atom. The van der Waals surface area contributed by atoms with Crippen LogP contribution in [-0.2, 0) is 17.8 Å². The first-order valence-corrected chi connectivity index (χ1v) is 18.7. The SMILES string of the molecule is CC(C(=O)O)=C(CCC[Si](C)(O[Si](C)(C)C)O[Si](C)(C)C)OCC(O)CO. The zero-order valence-electron chi connectivity index (χ0n) is 18.1. The molecule has 0 fully saturated rings. The van der Waals surface area contributed by atoms with Crippen LogP contribution in [0, 0.1) is 0 Å². The largest absolute Gasteiger partial charge is 0.495 e. The smallest absolute Gasteiger partial charge is 0.334 e. The van der Waals surface area contributed by atoms with Crippen molar-refractivity contribution < 1.29 is 33.1 Å². The summed E-state index contributed by atoms with van der Waals surface area (Å²) in [5.41, 5.74) is 0.112. The van der Waals surface area contributed by atoms with Gasteiger partial charge in [0.1, 0.15) is 18.5 Å². The minimum Gasteiger partial charge on any atom is -0.495 e. The molecule has 0 spiro atoms. The van der Waals surface area contributed by atoms with Crippen molar-refractivity contribution in [3.8, 4) is 0 Å². The van der Waals surface area contributed by atoms with Gasteiger partial charge in [0.25, 0.3) is 0 Å². The Morgan fingerprint density at radius 2 is 1.48 bits per heavy atom. The van der Waals surface area contributed by atoms with E-state index in [4.69, 9.17) is 18.1 Å². The first kappa shape index (κ1) is 26.5. The van der Waals surface area contributed by atoms with Crippen molar-refractivity contribution >= 4 is 31.2 Å². The zero-order valence-corrected chi connectivity index (χ0v) is 21.1. The zero-order chi connectivity index (χ0) is 21.5. The van der Waals surface area contributed by atoms with Crippen LogP contribution in [0.1, 0.15) is 19.8 Å². The number of aliphatic hydroxyl groups excluding tert-OH is 2. The first-order valence-electron chi connectivity index (χ1n) is 9.34. The highest BCUT2D eigenvalue weighted by Crippen LogP contribution is 2.27. The second kappa shape index (κ2) is 10.9. The lowest BCUT2D eigenvalue weighted by Gasteiger charge is -2.38. The van der Waals surface area contributed by atoms with E-state index in [1.54, 1.807) is 0 Å². The molecule has 0 heterocycles. The van der Waals surface area contributed by atoms with Crippen molar-refractivity contribution in [2.75, 3.05) is 13.2 Å². The summed E-state index contributed by atoms with van der Waals surface area (Å²) in [6.07, 6.45) is 0.0576. The van der Waals surface area contributed by atoms with Gasteiger partial charge in [0.2, 0.25) is 0 Å². The number of aliphatic hydroxyl groups is 2. The summed E-state index contributed by atoms with van der Waals surface area (Å²) >= 11 is 0. The van der Waals surface area contributed by atoms with Crippen molar-refractivity contribution in [1.82, 2.24) is 0 Å². The minimum absolute atomic E-state index is 0.112. The highest BCUT2D eigenvalue weighted by atomic mass is 28.5. The maximum atomic E-state index is 11.3. The Morgan fingerprint density at radius 1 is 1.00 bits per heavy atom. The number of hydrogen-bond acceptors (Lipinski definition) is 6. The summed E-state index contributed by atoms with van der Waals surface area (Å²) in [5, 5.41) is 27.6. The fraction of sp³-hybridized carbons (Fsp3) is 0.824. The molecule has 0 saturated carbocycles. The molecule has 0 rings (SSSR count). The second-order valence-corrected chi connectivity index (χ2v) is 21.8. The molecule has 7 nitrogen and oxygen atoms in total. The number of rotatable bonds is 13. The second-order valence-electron chi connectivity index (χ2n) is 8.92. The number of carboxylic acids is 1. The van der Waals surface area contributed by atoms with Crippen LogP contribution in [0.5, 0.6) is 0 Å². The van der Waals surface area contributed by atoms with E-state index in [1.807, 2.05) is 0 Å². The molecular formula is C17H38O7Si3. The highest BCUT2D eigenvalue weighted by molar-refractivity contribution is 6.87. The molecule has 27 heavy (non-hydrogen) atoms. The average Bonchev–Trinajstić information content (AvgIpc) is 2.45. The fourth-order valence-corrected chi connectivity index (χ4v) is 15.3. The van der Waals surface area contributed by atoms with Gasteiger partial charge in [0, 0.05) is 6.42 Å². The van der Waals surface area contributed by atoms with E-state index in [2.05, 4.69) is 45.8 Å². The summed E-state index contributed by atoms with van der Waals surface area (Å²) in [7, 11) is -5.96. The minimum atomic E-state index is -2.39. The van der Waals surface area contributed by atoms with Crippen LogP contribution in [-0.4, -0.2) is 65.8 Å². The van der Waals surface area contributed by atoms with Crippen LogP contribution < -0.4 is 0 Å². The summed E-state index contributed by atoms with van der Waals surface area (Å²) < 4.78 is 18.4. The Hall–Kier alpha value is -0.499. The van der Waals surface area contributed by atoms with Crippen molar-refractivity contribution in [3.05, 3.63) is 11.3 Å². The monoisotopic (exact) mass is 438 g/mol. The third-order valence-corrected chi connectivity index (χ3v) is 13.1. The van der Waals surface area contributed by atoms with Gasteiger partial charge in [0.15, 0.2) is 16.6 Å². The van der Waals surface area contributed by atoms with Gasteiger partial charge in [-0.3, -0.25) is 0 Å². The standard InChI is InChI=1S/C17H38O7Si3/c1-14(17(20)21)16(22-13-15(19)12-18)10-9-11-27(8,23-25(2,3)4)24-26(5,6)7/h15,18-19H,9-13H2,1-8H3,(H,20,21). The van der Waals surface area contributed by atoms with Gasteiger partial charge in [-0.15, -0.1) is 0 Å². The molecule has 160 valence electrons. The van der Waals surface area contributed by atoms with Crippen LogP contribution in [0.4, 0.5) is 0 Å². The molecule has 0 aliphatic rings. The van der Waals surface area contributed by atoms with Crippen molar-refractivity contribution in [3.63, 3.8) is 0 Å². The van der Waals surface area contributed by atoms with Crippen LogP contribution in [0.2, 0.25) is 51.9 Å². The van der Waals surface area contributed by atoms with Crippen molar-refractivity contribution in [2.45, 2.75) is 77.7 Å². The van der Waals surface area contributed by atoms with E-state index in [1.165, 1.54) is 6.92 Å². The van der Waals surface area contributed by atoms with Gasteiger partial charge in [0.05, 0.1) is 12.2 Å². The van der Waals surface area contributed by atoms with E-state index >= 15 is 0 Å². The number of carboxylic acid groups (broad SMARTS) is 1. The Bertz CT molecular complexity index is 494. The van der Waals surface area contributed by atoms with Gasteiger partial charge >= 0.3 is 14.5 Å². The maximum absolute atomic E-state index is 11.3. The molecule has 0 radical (unpaired) electrons. The predicted octanol–water partition coefficient (Wildman–Crippen LogP) is 3.27. The summed E-state index contributed by atoms with van der Waals surface area (Å²) in [4.78, 5) is 11.3. The molecule has 0 amide bonds. The Kier molecular flexibility index (Phi) is 10.7. The highest BCUT2D eigenvalue weighted by Gasteiger charge is 2.39. The van der Waals surface area contributed by atoms with Gasteiger partial charge in [-0.25, -0.2) is 4.79 Å². The number of aliphatic carboxylic acids is 1. The van der Waals surface area contributed by atoms with E-state index in [-0.39, 0.29) is 12.2 Å². The summed E-state index contributed by atoms with van der Waals surface area (Å²) in [6, 6.07) is 0.740. The molecule has 0 aliphatic carbocycles. The van der Waals surface area contributed by atoms with E-state index in [0.29, 0.717) is 18.6 Å². The van der Waals surface area contributed by atoms with Crippen molar-refractivity contribution in [2.24, 2.45) is 0 Å². The molecule has 0 aliphatic heterocycles. The Labute approximate surface area is 166 Å². The van der Waals surface area contributed by atoms with Crippen LogP contribution >= 0.6 is 0 Å². The van der Waals surface area contributed by atoms with Gasteiger partial charge in [-0.1, -0.05) is 0 Å². The van der Waals surface area contributed by atoms with E-state index in [9.17, 15) is 15.0 Å². The van der Waals surface area contributed by atoms with Gasteiger partial charge in [-0.05, 0) is 65.2 Å². The fourth-order valence-electron chi connectivity index (χ4n) is 2.73. The lowest BCUT2D eigenvalue weighted by atomic mass is 10.2. The molecular weight excluding hydrogens is 400 g/mol. The lowest BCUT2D eigenvalue weighted by Crippen LogP contribution is -2.52. The third-order valence-electron chi connectivity index (χ3n) is 3.48. The molecule has 1 unspecified atom stereocenters. The quantitative estimate of drug-likeness (QED) is 0.230. The number of carbonyl (C=O) groups is 1. The molecule has 0 bridgehead atoms.